The highest BCUT2D eigenvalue weighted by molar-refractivity contribution is 8.15. The molecule has 1 amide bonds. The number of ether oxygens (including phenoxy) is 1. The lowest BCUT2D eigenvalue weighted by atomic mass is 10.1. The summed E-state index contributed by atoms with van der Waals surface area (Å²) in [6, 6.07) is 16.9. The van der Waals surface area contributed by atoms with Crippen molar-refractivity contribution >= 4 is 29.1 Å². The first-order chi connectivity index (χ1) is 13.8. The zero-order valence-electron chi connectivity index (χ0n) is 14.6. The van der Waals surface area contributed by atoms with Gasteiger partial charge in [-0.2, -0.15) is 10.1 Å². The van der Waals surface area contributed by atoms with Gasteiger partial charge in [0, 0.05) is 5.56 Å². The number of nitrogens with one attached hydrogen (secondary N) is 1. The van der Waals surface area contributed by atoms with Gasteiger partial charge in [-0.15, -0.1) is 5.10 Å². The van der Waals surface area contributed by atoms with E-state index < -0.39 is 0 Å². The topological polar surface area (TPSA) is 102 Å². The number of thioether (sulfide) groups is 1. The van der Waals surface area contributed by atoms with Crippen LogP contribution >= 0.6 is 11.8 Å². The Balaban J connectivity index is 1.41. The van der Waals surface area contributed by atoms with Crippen LogP contribution in [0, 0.1) is 0 Å². The van der Waals surface area contributed by atoms with Crippen molar-refractivity contribution in [2.24, 2.45) is 10.2 Å². The minimum absolute atomic E-state index is 0.0647. The van der Waals surface area contributed by atoms with Crippen LogP contribution in [0.1, 0.15) is 11.5 Å². The van der Waals surface area contributed by atoms with E-state index in [0.29, 0.717) is 22.6 Å². The van der Waals surface area contributed by atoms with Crippen LogP contribution in [-0.2, 0) is 11.4 Å². The first-order valence-electron chi connectivity index (χ1n) is 8.41. The van der Waals surface area contributed by atoms with Gasteiger partial charge >= 0.3 is 0 Å². The minimum atomic E-state index is -0.0647. The smallest absolute Gasteiger partial charge is 0.264 e. The third-order valence-corrected chi connectivity index (χ3v) is 4.52. The van der Waals surface area contributed by atoms with Gasteiger partial charge in [-0.1, -0.05) is 53.3 Å². The molecule has 1 aliphatic rings. The molecule has 0 atom stereocenters. The van der Waals surface area contributed by atoms with E-state index >= 15 is 0 Å². The lowest BCUT2D eigenvalue weighted by Crippen LogP contribution is -2.19. The maximum absolute atomic E-state index is 11.1. The Kier molecular flexibility index (Phi) is 5.43. The number of para-hydroxylation sites is 1. The summed E-state index contributed by atoms with van der Waals surface area (Å²) < 4.78 is 10.9. The third kappa shape index (κ3) is 4.63. The number of benzene rings is 2. The summed E-state index contributed by atoms with van der Waals surface area (Å²) >= 11 is 1.32. The van der Waals surface area contributed by atoms with Gasteiger partial charge in [0.1, 0.15) is 5.75 Å². The fourth-order valence-corrected chi connectivity index (χ4v) is 3.01. The molecule has 2 heterocycles. The SMILES string of the molecule is O=C1CSC(=NN=Cc2cccc(-c3noc(COc4ccccc4)n3)c2)N1. The van der Waals surface area contributed by atoms with Crippen LogP contribution in [0.3, 0.4) is 0 Å². The molecular weight excluding hydrogens is 378 g/mol. The van der Waals surface area contributed by atoms with Crippen molar-refractivity contribution in [3.8, 4) is 17.1 Å². The second-order valence-electron chi connectivity index (χ2n) is 5.73. The Labute approximate surface area is 164 Å². The van der Waals surface area contributed by atoms with Gasteiger partial charge in [0.05, 0.1) is 12.0 Å². The number of carbonyl (C=O) groups excluding carboxylic acids is 1. The molecule has 1 fully saturated rings. The summed E-state index contributed by atoms with van der Waals surface area (Å²) in [5, 5.41) is 15.1. The minimum Gasteiger partial charge on any atom is -0.484 e. The molecule has 1 saturated heterocycles. The zero-order chi connectivity index (χ0) is 19.2. The van der Waals surface area contributed by atoms with Crippen LogP contribution in [0.5, 0.6) is 5.75 Å². The van der Waals surface area contributed by atoms with Crippen LogP contribution < -0.4 is 10.1 Å². The molecule has 28 heavy (non-hydrogen) atoms. The Hall–Kier alpha value is -3.46. The second-order valence-corrected chi connectivity index (χ2v) is 6.69. The highest BCUT2D eigenvalue weighted by Crippen LogP contribution is 2.18. The van der Waals surface area contributed by atoms with Crippen molar-refractivity contribution in [1.29, 1.82) is 0 Å². The highest BCUT2D eigenvalue weighted by Gasteiger charge is 2.16. The van der Waals surface area contributed by atoms with E-state index in [1.54, 1.807) is 6.21 Å². The van der Waals surface area contributed by atoms with Crippen molar-refractivity contribution in [3.05, 3.63) is 66.1 Å². The number of carbonyl (C=O) groups is 1. The molecule has 1 aliphatic heterocycles. The van der Waals surface area contributed by atoms with Crippen LogP contribution in [0.2, 0.25) is 0 Å². The number of rotatable bonds is 6. The van der Waals surface area contributed by atoms with Crippen molar-refractivity contribution in [2.75, 3.05) is 5.75 Å². The number of nitrogens with zero attached hydrogens (tertiary/aromatic N) is 4. The Bertz CT molecular complexity index is 1030. The summed E-state index contributed by atoms with van der Waals surface area (Å²) in [5.41, 5.74) is 1.61. The maximum Gasteiger partial charge on any atom is 0.264 e. The van der Waals surface area contributed by atoms with Crippen molar-refractivity contribution in [1.82, 2.24) is 15.5 Å². The van der Waals surface area contributed by atoms with Gasteiger partial charge in [-0.25, -0.2) is 0 Å². The molecule has 0 bridgehead atoms. The molecule has 1 N–H and O–H groups in total. The molecule has 0 radical (unpaired) electrons. The Morgan fingerprint density at radius 2 is 2.11 bits per heavy atom. The maximum atomic E-state index is 11.1. The molecule has 3 aromatic rings. The average Bonchev–Trinajstić information content (AvgIpc) is 3.37. The summed E-state index contributed by atoms with van der Waals surface area (Å²) in [6.45, 7) is 0.193. The van der Waals surface area contributed by atoms with E-state index in [4.69, 9.17) is 9.26 Å². The Morgan fingerprint density at radius 3 is 2.93 bits per heavy atom. The van der Waals surface area contributed by atoms with E-state index in [-0.39, 0.29) is 12.5 Å². The predicted molar refractivity (Wildman–Crippen MR) is 106 cm³/mol. The third-order valence-electron chi connectivity index (χ3n) is 3.66. The highest BCUT2D eigenvalue weighted by atomic mass is 32.2. The first kappa shape index (κ1) is 17.9. The first-order valence-corrected chi connectivity index (χ1v) is 9.39. The molecule has 9 heteroatoms. The molecule has 0 saturated carbocycles. The van der Waals surface area contributed by atoms with Gasteiger partial charge in [-0.3, -0.25) is 4.79 Å². The molecule has 2 aromatic carbocycles. The molecule has 4 rings (SSSR count). The van der Waals surface area contributed by atoms with Crippen LogP contribution in [0.25, 0.3) is 11.4 Å². The second kappa shape index (κ2) is 8.49. The van der Waals surface area contributed by atoms with Gasteiger partial charge in [-0.05, 0) is 23.8 Å². The number of hydrogen-bond acceptors (Lipinski definition) is 8. The van der Waals surface area contributed by atoms with Crippen molar-refractivity contribution in [3.63, 3.8) is 0 Å². The van der Waals surface area contributed by atoms with Crippen LogP contribution in [0.4, 0.5) is 0 Å². The quantitative estimate of drug-likeness (QED) is 0.510. The van der Waals surface area contributed by atoms with Crippen molar-refractivity contribution < 1.29 is 14.1 Å². The molecule has 140 valence electrons. The molecule has 0 unspecified atom stereocenters. The van der Waals surface area contributed by atoms with Crippen LogP contribution in [0.15, 0.2) is 69.3 Å². The number of hydrogen-bond donors (Lipinski definition) is 1. The van der Waals surface area contributed by atoms with Gasteiger partial charge in [0.15, 0.2) is 11.8 Å². The van der Waals surface area contributed by atoms with E-state index in [2.05, 4.69) is 25.7 Å². The molecule has 8 nitrogen and oxygen atoms in total. The fourth-order valence-electron chi connectivity index (χ4n) is 2.38. The molecule has 1 aromatic heterocycles. The molecule has 0 aliphatic carbocycles. The summed E-state index contributed by atoms with van der Waals surface area (Å²) in [7, 11) is 0. The molecule has 0 spiro atoms. The lowest BCUT2D eigenvalue weighted by molar-refractivity contribution is -0.116. The summed E-state index contributed by atoms with van der Waals surface area (Å²) in [6.07, 6.45) is 1.60. The molecular formula is C19H15N5O3S. The van der Waals surface area contributed by atoms with E-state index in [9.17, 15) is 4.79 Å². The van der Waals surface area contributed by atoms with E-state index in [1.807, 2.05) is 54.6 Å². The normalized spacial score (nSPS) is 15.3. The van der Waals surface area contributed by atoms with E-state index in [0.717, 1.165) is 16.9 Å². The van der Waals surface area contributed by atoms with Gasteiger partial charge in [0.2, 0.25) is 11.7 Å². The predicted octanol–water partition coefficient (Wildman–Crippen LogP) is 2.87. The van der Waals surface area contributed by atoms with Gasteiger partial charge < -0.3 is 14.6 Å². The monoisotopic (exact) mass is 393 g/mol. The number of amides is 1. The van der Waals surface area contributed by atoms with Crippen LogP contribution in [-0.4, -0.2) is 33.2 Å². The summed E-state index contributed by atoms with van der Waals surface area (Å²) in [5.74, 6) is 1.90. The largest absolute Gasteiger partial charge is 0.484 e. The zero-order valence-corrected chi connectivity index (χ0v) is 15.4. The summed E-state index contributed by atoms with van der Waals surface area (Å²) in [4.78, 5) is 15.5. The average molecular weight is 393 g/mol. The van der Waals surface area contributed by atoms with Gasteiger partial charge in [0.25, 0.3) is 5.89 Å². The van der Waals surface area contributed by atoms with Crippen molar-refractivity contribution in [2.45, 2.75) is 6.61 Å². The Morgan fingerprint density at radius 1 is 1.21 bits per heavy atom. The van der Waals surface area contributed by atoms with E-state index in [1.165, 1.54) is 11.8 Å². The number of amidine groups is 1. The number of aromatic nitrogens is 2. The lowest BCUT2D eigenvalue weighted by Gasteiger charge is -2.01. The fraction of sp³-hybridized carbons (Fsp3) is 0.105. The standard InChI is InChI=1S/C19H15N5O3S/c25-16-12-28-19(21-16)23-20-10-13-5-4-6-14(9-13)18-22-17(27-24-18)11-26-15-7-2-1-3-8-15/h1-10H,11-12H2,(H,21,23,25).